The minimum atomic E-state index is -1.84. The molecule has 59 heavy (non-hydrogen) atoms. The van der Waals surface area contributed by atoms with Crippen molar-refractivity contribution in [2.45, 2.75) is 164 Å². The van der Waals surface area contributed by atoms with E-state index in [0.717, 1.165) is 19.3 Å². The Hall–Kier alpha value is -2.16. The molecule has 1 aliphatic heterocycles. The highest BCUT2D eigenvalue weighted by Crippen LogP contribution is 2.80. The lowest BCUT2D eigenvalue weighted by atomic mass is 9.42. The summed E-state index contributed by atoms with van der Waals surface area (Å²) in [4.78, 5) is 30.8. The number of rotatable bonds is 22. The molecular weight excluding hydrogens is 755 g/mol. The molecule has 5 aliphatic carbocycles. The maximum absolute atomic E-state index is 14.5. The fraction of sp³-hybridized carbons (Fsp3) is 0.830. The fourth-order valence-corrected chi connectivity index (χ4v) is 14.5. The monoisotopic (exact) mass is 828 g/mol. The summed E-state index contributed by atoms with van der Waals surface area (Å²) in [5, 5.41) is 38.1. The van der Waals surface area contributed by atoms with E-state index in [9.17, 15) is 24.9 Å². The van der Waals surface area contributed by atoms with Crippen LogP contribution in [-0.2, 0) is 33.2 Å². The Morgan fingerprint density at radius 3 is 2.02 bits per heavy atom. The molecule has 15 atom stereocenters. The summed E-state index contributed by atoms with van der Waals surface area (Å²) in [5.74, 6) is -3.48. The lowest BCUT2D eigenvalue weighted by molar-refractivity contribution is -0.321. The summed E-state index contributed by atoms with van der Waals surface area (Å²) in [6, 6.07) is 8.29. The van der Waals surface area contributed by atoms with Crippen LogP contribution in [0.25, 0.3) is 0 Å². The highest BCUT2D eigenvalue weighted by Gasteiger charge is 2.92. The number of aliphatic hydroxyl groups excluding tert-OH is 2. The number of esters is 2. The van der Waals surface area contributed by atoms with Gasteiger partial charge in [-0.15, -0.1) is 0 Å². The minimum absolute atomic E-state index is 0.0845. The molecule has 7 bridgehead atoms. The molecule has 6 aliphatic rings. The Labute approximate surface area is 352 Å². The van der Waals surface area contributed by atoms with Gasteiger partial charge in [0.15, 0.2) is 5.60 Å². The van der Waals surface area contributed by atoms with Gasteiger partial charge in [0.1, 0.15) is 23.9 Å². The van der Waals surface area contributed by atoms with E-state index in [1.165, 1.54) is 64.9 Å². The molecule has 5 saturated carbocycles. The number of piperidine rings is 1. The Bertz CT molecular complexity index is 1580. The largest absolute Gasteiger partial charge is 0.455 e. The first-order chi connectivity index (χ1) is 28.5. The van der Waals surface area contributed by atoms with Crippen LogP contribution >= 0.6 is 0 Å². The normalized spacial score (nSPS) is 41.5. The number of carbonyl (C=O) groups excluding carboxylic acids is 2. The number of ether oxygens (including phenoxy) is 6. The van der Waals surface area contributed by atoms with Crippen molar-refractivity contribution in [1.29, 1.82) is 0 Å². The van der Waals surface area contributed by atoms with Crippen LogP contribution in [0.4, 0.5) is 0 Å². The standard InChI is InChI=1S/C47H73NO11/c1-7-8-9-10-11-12-13-14-15-16-17-18-22-25-34(50)59-47-35-31(27-45(53,42(57-6)40(47)51)41(35)58-43(52)30-23-20-19-21-24-30)46-33(55-4)26-32(49)44(29-54-3)28-48(2)39(46)36(47)37(56-5)38(44)46/h19-21,23-24,31-33,35-42,49,51,53H,7-18,22,25-29H2,1-6H3/t31-,32-,33+,35-,36-,37+,38-,39-,40+,41-,42+,44+,45-,46+,47-/m1/s1. The molecule has 1 aromatic rings. The first kappa shape index (κ1) is 44.9. The van der Waals surface area contributed by atoms with Crippen LogP contribution in [-0.4, -0.2) is 135 Å². The number of aliphatic hydroxyl groups is 3. The van der Waals surface area contributed by atoms with E-state index in [1.54, 1.807) is 45.6 Å². The lowest BCUT2D eigenvalue weighted by Crippen LogP contribution is -2.81. The summed E-state index contributed by atoms with van der Waals surface area (Å²) in [5.41, 5.74) is -4.82. The summed E-state index contributed by atoms with van der Waals surface area (Å²) >= 11 is 0. The van der Waals surface area contributed by atoms with Crippen LogP contribution in [0.2, 0.25) is 0 Å². The predicted octanol–water partition coefficient (Wildman–Crippen LogP) is 5.72. The first-order valence-corrected chi connectivity index (χ1v) is 22.8. The molecule has 1 heterocycles. The Kier molecular flexibility index (Phi) is 13.9. The van der Waals surface area contributed by atoms with Crippen molar-refractivity contribution in [2.24, 2.45) is 34.5 Å². The highest BCUT2D eigenvalue weighted by atomic mass is 16.6. The van der Waals surface area contributed by atoms with Crippen molar-refractivity contribution in [1.82, 2.24) is 4.90 Å². The van der Waals surface area contributed by atoms with Crippen LogP contribution in [0, 0.1) is 34.5 Å². The number of methoxy groups -OCH3 is 4. The van der Waals surface area contributed by atoms with Gasteiger partial charge in [-0.2, -0.15) is 0 Å². The van der Waals surface area contributed by atoms with Gasteiger partial charge in [0, 0.05) is 82.5 Å². The number of benzene rings is 1. The molecular formula is C47H73NO11. The van der Waals surface area contributed by atoms with Gasteiger partial charge in [-0.25, -0.2) is 4.79 Å². The molecule has 12 heteroatoms. The third-order valence-electron chi connectivity index (χ3n) is 16.3. The molecule has 332 valence electrons. The van der Waals surface area contributed by atoms with Gasteiger partial charge in [-0.05, 0) is 37.9 Å². The fourth-order valence-electron chi connectivity index (χ4n) is 14.5. The Morgan fingerprint density at radius 1 is 0.814 bits per heavy atom. The van der Waals surface area contributed by atoms with E-state index in [2.05, 4.69) is 11.8 Å². The van der Waals surface area contributed by atoms with Crippen molar-refractivity contribution in [3.63, 3.8) is 0 Å². The number of hydrogen-bond acceptors (Lipinski definition) is 12. The lowest BCUT2D eigenvalue weighted by Gasteiger charge is -2.70. The van der Waals surface area contributed by atoms with Crippen LogP contribution in [0.5, 0.6) is 0 Å². The zero-order valence-corrected chi connectivity index (χ0v) is 36.5. The van der Waals surface area contributed by atoms with Crippen molar-refractivity contribution in [2.75, 3.05) is 48.6 Å². The molecule has 0 radical (unpaired) electrons. The summed E-state index contributed by atoms with van der Waals surface area (Å²) in [6.07, 6.45) is 9.99. The van der Waals surface area contributed by atoms with Crippen molar-refractivity contribution in [3.8, 4) is 0 Å². The van der Waals surface area contributed by atoms with Gasteiger partial charge in [0.2, 0.25) is 0 Å². The van der Waals surface area contributed by atoms with E-state index in [0.29, 0.717) is 24.9 Å². The topological polar surface area (TPSA) is 153 Å². The number of carbonyl (C=O) groups is 2. The highest BCUT2D eigenvalue weighted by molar-refractivity contribution is 5.89. The molecule has 12 nitrogen and oxygen atoms in total. The van der Waals surface area contributed by atoms with Crippen LogP contribution in [0.3, 0.4) is 0 Å². The average Bonchev–Trinajstić information content (AvgIpc) is 3.62. The number of likely N-dealkylation sites (tertiary alicyclic amines) is 1. The van der Waals surface area contributed by atoms with E-state index in [-0.39, 0.29) is 31.4 Å². The summed E-state index contributed by atoms with van der Waals surface area (Å²) in [6.45, 7) is 2.97. The van der Waals surface area contributed by atoms with Gasteiger partial charge in [-0.3, -0.25) is 4.79 Å². The summed E-state index contributed by atoms with van der Waals surface area (Å²) < 4.78 is 38.5. The second kappa shape index (κ2) is 18.3. The number of nitrogens with zero attached hydrogens (tertiary/aromatic N) is 1. The van der Waals surface area contributed by atoms with Crippen LogP contribution in [0.15, 0.2) is 30.3 Å². The second-order valence-corrected chi connectivity index (χ2v) is 19.1. The first-order valence-electron chi connectivity index (χ1n) is 22.8. The molecule has 1 aromatic carbocycles. The van der Waals surface area contributed by atoms with E-state index in [4.69, 9.17) is 28.4 Å². The maximum Gasteiger partial charge on any atom is 0.338 e. The second-order valence-electron chi connectivity index (χ2n) is 19.1. The van der Waals surface area contributed by atoms with E-state index < -0.39 is 88.3 Å². The molecule has 1 saturated heterocycles. The van der Waals surface area contributed by atoms with Gasteiger partial charge in [0.05, 0.1) is 30.5 Å². The third-order valence-corrected chi connectivity index (χ3v) is 16.3. The van der Waals surface area contributed by atoms with E-state index in [1.807, 2.05) is 13.1 Å². The molecule has 0 amide bonds. The van der Waals surface area contributed by atoms with Crippen molar-refractivity contribution >= 4 is 11.9 Å². The predicted molar refractivity (Wildman–Crippen MR) is 220 cm³/mol. The third kappa shape index (κ3) is 7.02. The number of hydrogen-bond donors (Lipinski definition) is 3. The van der Waals surface area contributed by atoms with E-state index >= 15 is 0 Å². The smallest absolute Gasteiger partial charge is 0.338 e. The van der Waals surface area contributed by atoms with Gasteiger partial charge >= 0.3 is 11.9 Å². The quantitative estimate of drug-likeness (QED) is 0.0969. The SMILES string of the molecule is CCCCCCCCCCCCCCCC(=O)O[C@@]12[C@@H]3[C@H](OC)[C@@H]4[C@]5(COC)CN(C)[C@H]3[C@]4([C@@H](OC)C[C@H]5O)[C@@H]3C[C@@](O)([C@H](OC(=O)c4ccccc4)[C@@H]31)[C@@H](OC)[C@@H]2O. The molecule has 6 fully saturated rings. The zero-order chi connectivity index (χ0) is 42.2. The number of fused-ring (bicyclic) bond motifs is 2. The Morgan fingerprint density at radius 2 is 1.44 bits per heavy atom. The average molecular weight is 828 g/mol. The summed E-state index contributed by atoms with van der Waals surface area (Å²) in [7, 11) is 8.39. The molecule has 3 N–H and O–H groups in total. The van der Waals surface area contributed by atoms with Gasteiger partial charge < -0.3 is 48.6 Å². The molecule has 1 spiro atoms. The number of unbranched alkanes of at least 4 members (excludes halogenated alkanes) is 12. The zero-order valence-electron chi connectivity index (χ0n) is 36.5. The Balaban J connectivity index is 1.21. The molecule has 0 aromatic heterocycles. The van der Waals surface area contributed by atoms with Crippen LogP contribution < -0.4 is 0 Å². The van der Waals surface area contributed by atoms with Gasteiger partial charge in [-0.1, -0.05) is 102 Å². The van der Waals surface area contributed by atoms with Gasteiger partial charge in [0.25, 0.3) is 0 Å². The van der Waals surface area contributed by atoms with Crippen molar-refractivity contribution < 1.29 is 53.3 Å². The van der Waals surface area contributed by atoms with Crippen molar-refractivity contribution in [3.05, 3.63) is 35.9 Å². The molecule has 0 unspecified atom stereocenters. The minimum Gasteiger partial charge on any atom is -0.455 e. The molecule has 7 rings (SSSR count). The van der Waals surface area contributed by atoms with Crippen LogP contribution in [0.1, 0.15) is 120 Å². The maximum atomic E-state index is 14.5.